The molecule has 3 aromatic carbocycles. The number of carbonyl (C=O) groups excluding carboxylic acids is 4. The van der Waals surface area contributed by atoms with Gasteiger partial charge in [0.05, 0.1) is 73.9 Å². The maximum absolute atomic E-state index is 13.5. The number of benzene rings is 3. The number of likely N-dealkylation sites (tertiary alicyclic amines) is 1. The maximum atomic E-state index is 13.5. The van der Waals surface area contributed by atoms with E-state index in [0.29, 0.717) is 70.4 Å². The molecule has 3 aliphatic rings. The molecular weight excluding hydrogens is 957 g/mol. The average Bonchev–Trinajstić information content (AvgIpc) is 4.06. The first-order valence-corrected chi connectivity index (χ1v) is 26.9. The first-order chi connectivity index (χ1) is 35.5. The third-order valence-electron chi connectivity index (χ3n) is 13.5. The number of aldehydes is 2. The second-order valence-electron chi connectivity index (χ2n) is 20.3. The maximum Gasteiger partial charge on any atom is 0.343 e. The molecule has 7 rings (SSSR count). The first kappa shape index (κ1) is 61.4. The Morgan fingerprint density at radius 2 is 1.50 bits per heavy atom. The second-order valence-corrected chi connectivity index (χ2v) is 21.2. The van der Waals surface area contributed by atoms with Crippen LogP contribution in [0.15, 0.2) is 78.0 Å². The van der Waals surface area contributed by atoms with Crippen molar-refractivity contribution in [1.82, 2.24) is 20.5 Å². The number of thiazole rings is 1. The molecule has 4 aromatic rings. The summed E-state index contributed by atoms with van der Waals surface area (Å²) in [7, 11) is 3.99. The standard InChI is InChI=1S/C33H42O8.C13H14N2OS.C7H15NO.C6H13N/c1-24-21-25(2)29(26(3)22-24)30-31(40-23-27-7-5-4-6-8-27)33(41-32(30)35)11-9-28(10-12-33)39-20-19-38-18-17-37-16-15-36-14-13-34;1-9(14-7-16)11-3-5-12(6-4-11)13-10(2)15-8-17-13;1-7(2,3)6(5-9)8-4;1-6-4-3-5-7(6)2/h4-8,13,21-22,28H,9-12,14-20,23H2,1-3H3;3-9H,1-2H3,(H,14,16);5-6,8H,1-4H3;6H,3-5H2,1-2H3. The van der Waals surface area contributed by atoms with E-state index in [0.717, 1.165) is 76.9 Å². The van der Waals surface area contributed by atoms with Gasteiger partial charge in [0.2, 0.25) is 6.41 Å². The number of amides is 1. The number of hydrogen-bond acceptors (Lipinski definition) is 14. The Kier molecular flexibility index (Phi) is 26.3. The fourth-order valence-corrected chi connectivity index (χ4v) is 10.0. The number of aryl methyl sites for hydroxylation is 4. The van der Waals surface area contributed by atoms with Crippen LogP contribution < -0.4 is 10.6 Å². The van der Waals surface area contributed by atoms with Gasteiger partial charge in [0.25, 0.3) is 0 Å². The molecule has 3 heterocycles. The predicted octanol–water partition coefficient (Wildman–Crippen LogP) is 9.89. The van der Waals surface area contributed by atoms with Crippen molar-refractivity contribution in [1.29, 1.82) is 0 Å². The molecule has 2 N–H and O–H groups in total. The summed E-state index contributed by atoms with van der Waals surface area (Å²) in [6, 6.07) is 23.3. The molecule has 3 atom stereocenters. The number of esters is 1. The highest BCUT2D eigenvalue weighted by molar-refractivity contribution is 7.13. The topological polar surface area (TPSA) is 164 Å². The molecule has 406 valence electrons. The lowest BCUT2D eigenvalue weighted by Gasteiger charge is -2.37. The minimum Gasteiger partial charge on any atom is -0.488 e. The molecule has 1 amide bonds. The third-order valence-corrected chi connectivity index (χ3v) is 14.5. The molecule has 0 bridgehead atoms. The van der Waals surface area contributed by atoms with Crippen LogP contribution in [0.1, 0.15) is 118 Å². The zero-order chi connectivity index (χ0) is 54.1. The highest BCUT2D eigenvalue weighted by Crippen LogP contribution is 2.49. The molecular formula is C59H84N4O10S. The number of nitrogens with one attached hydrogen (secondary N) is 2. The van der Waals surface area contributed by atoms with Gasteiger partial charge in [0.1, 0.15) is 31.4 Å². The van der Waals surface area contributed by atoms with E-state index in [4.69, 9.17) is 28.4 Å². The summed E-state index contributed by atoms with van der Waals surface area (Å²) in [4.78, 5) is 52.2. The fraction of sp³-hybridized carbons (Fsp3) is 0.542. The van der Waals surface area contributed by atoms with Crippen LogP contribution in [0, 0.1) is 33.1 Å². The molecule has 1 aliphatic carbocycles. The van der Waals surface area contributed by atoms with Crippen molar-refractivity contribution in [3.63, 3.8) is 0 Å². The Morgan fingerprint density at radius 1 is 0.878 bits per heavy atom. The van der Waals surface area contributed by atoms with Gasteiger partial charge in [-0.25, -0.2) is 9.78 Å². The number of rotatable bonds is 22. The summed E-state index contributed by atoms with van der Waals surface area (Å²) in [5.41, 5.74) is 10.2. The highest BCUT2D eigenvalue weighted by Gasteiger charge is 2.52. The number of aromatic nitrogens is 1. The molecule has 1 spiro atoms. The van der Waals surface area contributed by atoms with E-state index in [1.54, 1.807) is 18.4 Å². The molecule has 1 saturated carbocycles. The molecule has 3 unspecified atom stereocenters. The molecule has 2 fully saturated rings. The van der Waals surface area contributed by atoms with Crippen molar-refractivity contribution in [2.45, 2.75) is 137 Å². The quantitative estimate of drug-likeness (QED) is 0.0435. The number of ether oxygens (including phenoxy) is 6. The van der Waals surface area contributed by atoms with E-state index in [2.05, 4.69) is 65.7 Å². The summed E-state index contributed by atoms with van der Waals surface area (Å²) in [5, 5.41) is 5.66. The van der Waals surface area contributed by atoms with E-state index in [-0.39, 0.29) is 36.2 Å². The summed E-state index contributed by atoms with van der Waals surface area (Å²) in [6.07, 6.45) is 8.05. The third kappa shape index (κ3) is 19.2. The van der Waals surface area contributed by atoms with Gasteiger partial charge in [-0.2, -0.15) is 0 Å². The first-order valence-electron chi connectivity index (χ1n) is 26.0. The van der Waals surface area contributed by atoms with Gasteiger partial charge in [-0.1, -0.05) is 93.1 Å². The monoisotopic (exact) mass is 1040 g/mol. The van der Waals surface area contributed by atoms with Gasteiger partial charge >= 0.3 is 5.97 Å². The summed E-state index contributed by atoms with van der Waals surface area (Å²) in [5.74, 6) is 0.341. The number of nitrogens with zero attached hydrogens (tertiary/aromatic N) is 2. The predicted molar refractivity (Wildman–Crippen MR) is 294 cm³/mol. The van der Waals surface area contributed by atoms with E-state index >= 15 is 0 Å². The minimum atomic E-state index is -0.784. The van der Waals surface area contributed by atoms with E-state index in [1.165, 1.54) is 29.8 Å². The van der Waals surface area contributed by atoms with Gasteiger partial charge < -0.3 is 53.5 Å². The van der Waals surface area contributed by atoms with E-state index in [9.17, 15) is 19.2 Å². The van der Waals surface area contributed by atoms with Gasteiger partial charge in [-0.15, -0.1) is 11.3 Å². The molecule has 15 heteroatoms. The van der Waals surface area contributed by atoms with Crippen molar-refractivity contribution in [3.8, 4) is 10.4 Å². The largest absolute Gasteiger partial charge is 0.488 e. The van der Waals surface area contributed by atoms with Gasteiger partial charge in [-0.05, 0) is 140 Å². The lowest BCUT2D eigenvalue weighted by Crippen LogP contribution is -2.40. The Labute approximate surface area is 445 Å². The Balaban J connectivity index is 0.000000289. The van der Waals surface area contributed by atoms with Crippen LogP contribution in [0.3, 0.4) is 0 Å². The van der Waals surface area contributed by atoms with Crippen LogP contribution in [0.4, 0.5) is 0 Å². The number of hydrogen-bond donors (Lipinski definition) is 2. The smallest absolute Gasteiger partial charge is 0.343 e. The molecule has 14 nitrogen and oxygen atoms in total. The summed E-state index contributed by atoms with van der Waals surface area (Å²) < 4.78 is 34.8. The molecule has 74 heavy (non-hydrogen) atoms. The van der Waals surface area contributed by atoms with Crippen LogP contribution in [0.2, 0.25) is 0 Å². The summed E-state index contributed by atoms with van der Waals surface area (Å²) >= 11 is 1.64. The zero-order valence-electron chi connectivity index (χ0n) is 46.0. The van der Waals surface area contributed by atoms with E-state index in [1.807, 2.05) is 96.4 Å². The molecule has 0 radical (unpaired) electrons. The SMILES string of the molecule is CC1CCCN1C.CNC(C=O)C(C)(C)C.Cc1cc(C)c(C2=C(OCc3ccccc3)C3(CCC(OCCOCCOCCOCC=O)CC3)OC2=O)c(C)c1.Cc1ncsc1-c1ccc(C(C)NC=O)cc1. The van der Waals surface area contributed by atoms with Crippen LogP contribution >= 0.6 is 11.3 Å². The lowest BCUT2D eigenvalue weighted by atomic mass is 9.80. The molecule has 1 saturated heterocycles. The Morgan fingerprint density at radius 3 is 1.99 bits per heavy atom. The van der Waals surface area contributed by atoms with Crippen LogP contribution in [-0.4, -0.2) is 126 Å². The highest BCUT2D eigenvalue weighted by atomic mass is 32.1. The lowest BCUT2D eigenvalue weighted by molar-refractivity contribution is -0.154. The van der Waals surface area contributed by atoms with Gasteiger partial charge in [0.15, 0.2) is 11.4 Å². The van der Waals surface area contributed by atoms with Gasteiger partial charge in [-0.3, -0.25) is 4.79 Å². The van der Waals surface area contributed by atoms with Crippen LogP contribution in [0.5, 0.6) is 0 Å². The zero-order valence-corrected chi connectivity index (χ0v) is 46.8. The number of carbonyl (C=O) groups is 4. The van der Waals surface area contributed by atoms with Crippen LogP contribution in [0.25, 0.3) is 16.0 Å². The second kappa shape index (κ2) is 31.7. The van der Waals surface area contributed by atoms with Crippen molar-refractivity contribution >= 4 is 41.9 Å². The summed E-state index contributed by atoms with van der Waals surface area (Å²) in [6.45, 7) is 23.0. The van der Waals surface area contributed by atoms with Crippen molar-refractivity contribution in [2.24, 2.45) is 5.41 Å². The van der Waals surface area contributed by atoms with Crippen molar-refractivity contribution in [3.05, 3.63) is 117 Å². The minimum absolute atomic E-state index is 0.0301. The molecule has 1 aromatic heterocycles. The normalized spacial score (nSPS) is 19.2. The Bertz CT molecular complexity index is 2310. The molecule has 2 aliphatic heterocycles. The van der Waals surface area contributed by atoms with Crippen molar-refractivity contribution < 1.29 is 47.6 Å². The van der Waals surface area contributed by atoms with Gasteiger partial charge in [0, 0.05) is 6.04 Å². The Hall–Kier alpha value is -5.13. The van der Waals surface area contributed by atoms with Crippen LogP contribution in [-0.2, 0) is 54.2 Å². The van der Waals surface area contributed by atoms with E-state index < -0.39 is 5.60 Å². The fourth-order valence-electron chi connectivity index (χ4n) is 9.20. The number of likely N-dealkylation sites (N-methyl/N-ethyl adjacent to an activating group) is 1. The van der Waals surface area contributed by atoms with Crippen molar-refractivity contribution in [2.75, 3.05) is 66.9 Å². The average molecular weight is 1040 g/mol.